The average Bonchev–Trinajstić information content (AvgIpc) is 2.62. The minimum Gasteiger partial charge on any atom is -0.369 e. The molecule has 2 saturated heterocycles. The number of hydrogen-bond acceptors (Lipinski definition) is 3. The predicted molar refractivity (Wildman–Crippen MR) is 88.7 cm³/mol. The molecule has 2 aliphatic rings. The molecule has 2 fully saturated rings. The van der Waals surface area contributed by atoms with E-state index in [0.717, 1.165) is 38.9 Å². The fourth-order valence-corrected chi connectivity index (χ4v) is 3.81. The number of amides is 2. The molecule has 3 N–H and O–H groups in total. The lowest BCUT2D eigenvalue weighted by Gasteiger charge is -2.37. The molecule has 0 aliphatic carbocycles. The zero-order valence-electron chi connectivity index (χ0n) is 13.4. The monoisotopic (exact) mass is 315 g/mol. The fraction of sp³-hybridized carbons (Fsp3) is 0.556. The van der Waals surface area contributed by atoms with Crippen molar-refractivity contribution in [3.8, 4) is 0 Å². The van der Waals surface area contributed by atoms with Gasteiger partial charge in [-0.25, -0.2) is 0 Å². The first kappa shape index (κ1) is 16.0. The Morgan fingerprint density at radius 1 is 1.09 bits per heavy atom. The highest BCUT2D eigenvalue weighted by Gasteiger charge is 2.37. The van der Waals surface area contributed by atoms with E-state index in [1.807, 2.05) is 11.0 Å². The Bertz CT molecular complexity index is 553. The van der Waals surface area contributed by atoms with E-state index in [9.17, 15) is 9.59 Å². The number of benzene rings is 1. The van der Waals surface area contributed by atoms with E-state index in [1.165, 1.54) is 5.56 Å². The van der Waals surface area contributed by atoms with E-state index in [1.54, 1.807) is 0 Å². The number of nitrogens with zero attached hydrogens (tertiary/aromatic N) is 1. The molecule has 5 heteroatoms. The van der Waals surface area contributed by atoms with Gasteiger partial charge in [-0.15, -0.1) is 0 Å². The Balaban J connectivity index is 1.60. The quantitative estimate of drug-likeness (QED) is 0.881. The Hall–Kier alpha value is -1.88. The molecule has 0 saturated carbocycles. The van der Waals surface area contributed by atoms with Gasteiger partial charge in [-0.2, -0.15) is 0 Å². The summed E-state index contributed by atoms with van der Waals surface area (Å²) in [6.45, 7) is 2.28. The van der Waals surface area contributed by atoms with Crippen LogP contribution in [0.3, 0.4) is 0 Å². The van der Waals surface area contributed by atoms with Crippen LogP contribution in [0.4, 0.5) is 0 Å². The van der Waals surface area contributed by atoms with Crippen molar-refractivity contribution in [2.75, 3.05) is 19.6 Å². The van der Waals surface area contributed by atoms with Crippen LogP contribution in [0.2, 0.25) is 0 Å². The first-order chi connectivity index (χ1) is 11.2. The van der Waals surface area contributed by atoms with E-state index in [4.69, 9.17) is 5.73 Å². The number of likely N-dealkylation sites (tertiary alicyclic amines) is 1. The molecule has 2 heterocycles. The van der Waals surface area contributed by atoms with Crippen molar-refractivity contribution in [2.45, 2.75) is 37.6 Å². The molecule has 0 spiro atoms. The maximum Gasteiger partial charge on any atom is 0.240 e. The normalized spacial score (nSPS) is 26.0. The summed E-state index contributed by atoms with van der Waals surface area (Å²) in [5, 5.41) is 3.20. The largest absolute Gasteiger partial charge is 0.369 e. The van der Waals surface area contributed by atoms with Crippen molar-refractivity contribution in [1.82, 2.24) is 10.2 Å². The first-order valence-corrected chi connectivity index (χ1v) is 8.53. The molecule has 2 amide bonds. The number of hydrogen-bond donors (Lipinski definition) is 2. The van der Waals surface area contributed by atoms with Crippen molar-refractivity contribution in [1.29, 1.82) is 0 Å². The van der Waals surface area contributed by atoms with Gasteiger partial charge in [0.1, 0.15) is 0 Å². The lowest BCUT2D eigenvalue weighted by atomic mass is 9.86. The topological polar surface area (TPSA) is 75.4 Å². The highest BCUT2D eigenvalue weighted by atomic mass is 16.2. The van der Waals surface area contributed by atoms with Crippen LogP contribution in [-0.4, -0.2) is 42.4 Å². The molecule has 0 aromatic heterocycles. The molecule has 2 aliphatic heterocycles. The van der Waals surface area contributed by atoms with Gasteiger partial charge in [-0.1, -0.05) is 30.3 Å². The summed E-state index contributed by atoms with van der Waals surface area (Å²) in [7, 11) is 0. The zero-order valence-corrected chi connectivity index (χ0v) is 13.4. The summed E-state index contributed by atoms with van der Waals surface area (Å²) in [5.41, 5.74) is 6.83. The first-order valence-electron chi connectivity index (χ1n) is 8.53. The van der Waals surface area contributed by atoms with Crippen LogP contribution in [0.1, 0.15) is 37.2 Å². The zero-order chi connectivity index (χ0) is 16.2. The van der Waals surface area contributed by atoms with E-state index >= 15 is 0 Å². The van der Waals surface area contributed by atoms with Gasteiger partial charge >= 0.3 is 0 Å². The lowest BCUT2D eigenvalue weighted by molar-refractivity contribution is -0.140. The Morgan fingerprint density at radius 2 is 1.78 bits per heavy atom. The lowest BCUT2D eigenvalue weighted by Crippen LogP contribution is -2.57. The molecule has 0 bridgehead atoms. The van der Waals surface area contributed by atoms with Gasteiger partial charge in [0.05, 0.1) is 12.0 Å². The summed E-state index contributed by atoms with van der Waals surface area (Å²) in [6, 6.07) is 10.0. The molecule has 1 aromatic carbocycles. The molecule has 124 valence electrons. The van der Waals surface area contributed by atoms with Gasteiger partial charge < -0.3 is 16.0 Å². The molecule has 5 nitrogen and oxygen atoms in total. The van der Waals surface area contributed by atoms with Gasteiger partial charge in [0.25, 0.3) is 0 Å². The summed E-state index contributed by atoms with van der Waals surface area (Å²) in [6.07, 6.45) is 3.56. The summed E-state index contributed by atoms with van der Waals surface area (Å²) in [5.74, 6) is -0.177. The SMILES string of the molecule is NC(=O)C1CCCNC1C(=O)N1CCC(c2ccccc2)CC1. The third kappa shape index (κ3) is 3.55. The summed E-state index contributed by atoms with van der Waals surface area (Å²) >= 11 is 0. The van der Waals surface area contributed by atoms with Crippen LogP contribution < -0.4 is 11.1 Å². The second-order valence-electron chi connectivity index (χ2n) is 6.59. The van der Waals surface area contributed by atoms with Crippen molar-refractivity contribution in [3.05, 3.63) is 35.9 Å². The van der Waals surface area contributed by atoms with Gasteiger partial charge in [-0.05, 0) is 43.7 Å². The molecule has 1 aromatic rings. The highest BCUT2D eigenvalue weighted by Crippen LogP contribution is 2.29. The molecular weight excluding hydrogens is 290 g/mol. The van der Waals surface area contributed by atoms with E-state index in [2.05, 4.69) is 29.6 Å². The third-order valence-electron chi connectivity index (χ3n) is 5.17. The summed E-state index contributed by atoms with van der Waals surface area (Å²) < 4.78 is 0. The molecular formula is C18H25N3O2. The van der Waals surface area contributed by atoms with Crippen LogP contribution in [0.5, 0.6) is 0 Å². The maximum atomic E-state index is 12.8. The molecule has 23 heavy (non-hydrogen) atoms. The number of piperidine rings is 2. The van der Waals surface area contributed by atoms with Crippen molar-refractivity contribution in [3.63, 3.8) is 0 Å². The average molecular weight is 315 g/mol. The molecule has 3 rings (SSSR count). The number of primary amides is 1. The Kier molecular flexibility index (Phi) is 4.96. The molecule has 2 atom stereocenters. The Morgan fingerprint density at radius 3 is 2.43 bits per heavy atom. The van der Waals surface area contributed by atoms with Crippen molar-refractivity contribution >= 4 is 11.8 Å². The second-order valence-corrected chi connectivity index (χ2v) is 6.59. The van der Waals surface area contributed by atoms with Gasteiger partial charge in [0, 0.05) is 13.1 Å². The number of nitrogens with one attached hydrogen (secondary N) is 1. The van der Waals surface area contributed by atoms with E-state index < -0.39 is 6.04 Å². The number of nitrogens with two attached hydrogens (primary N) is 1. The van der Waals surface area contributed by atoms with E-state index in [0.29, 0.717) is 12.3 Å². The highest BCUT2D eigenvalue weighted by molar-refractivity contribution is 5.89. The van der Waals surface area contributed by atoms with Crippen LogP contribution in [0.25, 0.3) is 0 Å². The maximum absolute atomic E-state index is 12.8. The van der Waals surface area contributed by atoms with Gasteiger partial charge in [0.15, 0.2) is 0 Å². The Labute approximate surface area is 137 Å². The van der Waals surface area contributed by atoms with Crippen molar-refractivity contribution < 1.29 is 9.59 Å². The fourth-order valence-electron chi connectivity index (χ4n) is 3.81. The van der Waals surface area contributed by atoms with Crippen LogP contribution >= 0.6 is 0 Å². The molecule has 0 radical (unpaired) electrons. The predicted octanol–water partition coefficient (Wildman–Crippen LogP) is 1.25. The minimum atomic E-state index is -0.436. The third-order valence-corrected chi connectivity index (χ3v) is 5.17. The number of carbonyl (C=O) groups is 2. The van der Waals surface area contributed by atoms with Gasteiger partial charge in [-0.3, -0.25) is 9.59 Å². The number of rotatable bonds is 3. The smallest absolute Gasteiger partial charge is 0.240 e. The standard InChI is InChI=1S/C18H25N3O2/c19-17(22)15-7-4-10-20-16(15)18(23)21-11-8-14(9-12-21)13-5-2-1-3-6-13/h1-3,5-6,14-16,20H,4,7-12H2,(H2,19,22). The van der Waals surface area contributed by atoms with Gasteiger partial charge in [0.2, 0.25) is 11.8 Å². The molecule has 2 unspecified atom stereocenters. The van der Waals surface area contributed by atoms with Crippen LogP contribution in [0, 0.1) is 5.92 Å². The van der Waals surface area contributed by atoms with E-state index in [-0.39, 0.29) is 17.7 Å². The van der Waals surface area contributed by atoms with Crippen LogP contribution in [-0.2, 0) is 9.59 Å². The number of carbonyl (C=O) groups excluding carboxylic acids is 2. The summed E-state index contributed by atoms with van der Waals surface area (Å²) in [4.78, 5) is 26.3. The van der Waals surface area contributed by atoms with Crippen molar-refractivity contribution in [2.24, 2.45) is 11.7 Å². The second kappa shape index (κ2) is 7.13. The van der Waals surface area contributed by atoms with Crippen LogP contribution in [0.15, 0.2) is 30.3 Å². The minimum absolute atomic E-state index is 0.0417.